The molecule has 3 amide bonds. The van der Waals surface area contributed by atoms with Crippen molar-refractivity contribution in [2.75, 3.05) is 36.4 Å². The smallest absolute Gasteiger partial charge is 0.329 e. The summed E-state index contributed by atoms with van der Waals surface area (Å²) < 4.78 is 0.691. The number of nitrogens with zero attached hydrogens (tertiary/aromatic N) is 2. The molecule has 2 aromatic carbocycles. The fourth-order valence-corrected chi connectivity index (χ4v) is 4.10. The highest BCUT2D eigenvalue weighted by molar-refractivity contribution is 9.10. The molecule has 0 unspecified atom stereocenters. The van der Waals surface area contributed by atoms with Crippen LogP contribution in [0.15, 0.2) is 40.9 Å². The SMILES string of the molecule is CCN(CC)CCNC(=O)[C@]1(O)c2cc(Br)ccc2NC(=O)N1c1ccc(C)c(C)c1. The number of nitrogens with one attached hydrogen (secondary N) is 2. The van der Waals surface area contributed by atoms with E-state index in [0.29, 0.717) is 34.5 Å². The highest BCUT2D eigenvalue weighted by Crippen LogP contribution is 2.41. The first kappa shape index (κ1) is 23.2. The third-order valence-corrected chi connectivity index (χ3v) is 6.29. The number of fused-ring (bicyclic) bond motifs is 1. The predicted octanol–water partition coefficient (Wildman–Crippen LogP) is 3.72. The fraction of sp³-hybridized carbons (Fsp3) is 0.391. The first-order valence-corrected chi connectivity index (χ1v) is 11.2. The van der Waals surface area contributed by atoms with E-state index in [1.807, 2.05) is 19.9 Å². The van der Waals surface area contributed by atoms with Crippen molar-refractivity contribution in [2.45, 2.75) is 33.4 Å². The molecule has 0 fully saturated rings. The molecule has 7 nitrogen and oxygen atoms in total. The quantitative estimate of drug-likeness (QED) is 0.554. The molecule has 0 saturated carbocycles. The average Bonchev–Trinajstić information content (AvgIpc) is 2.74. The zero-order chi connectivity index (χ0) is 22.8. The van der Waals surface area contributed by atoms with Crippen LogP contribution in [0.4, 0.5) is 16.2 Å². The van der Waals surface area contributed by atoms with E-state index in [-0.39, 0.29) is 0 Å². The van der Waals surface area contributed by atoms with Crippen molar-refractivity contribution in [3.8, 4) is 0 Å². The topological polar surface area (TPSA) is 84.9 Å². The minimum atomic E-state index is -2.20. The molecule has 0 bridgehead atoms. The normalized spacial score (nSPS) is 18.0. The largest absolute Gasteiger partial charge is 0.359 e. The van der Waals surface area contributed by atoms with E-state index in [9.17, 15) is 14.7 Å². The molecule has 166 valence electrons. The Hall–Kier alpha value is -2.42. The molecular formula is C23H29BrN4O3. The van der Waals surface area contributed by atoms with Gasteiger partial charge in [-0.1, -0.05) is 35.8 Å². The maximum atomic E-state index is 13.4. The Morgan fingerprint density at radius 3 is 2.52 bits per heavy atom. The number of carbonyl (C=O) groups is 2. The van der Waals surface area contributed by atoms with E-state index in [1.165, 1.54) is 0 Å². The van der Waals surface area contributed by atoms with Gasteiger partial charge in [-0.3, -0.25) is 9.69 Å². The van der Waals surface area contributed by atoms with Crippen molar-refractivity contribution in [2.24, 2.45) is 0 Å². The molecule has 0 spiro atoms. The summed E-state index contributed by atoms with van der Waals surface area (Å²) in [5, 5.41) is 17.5. The highest BCUT2D eigenvalue weighted by Gasteiger charge is 2.52. The van der Waals surface area contributed by atoms with Crippen molar-refractivity contribution >= 4 is 39.2 Å². The summed E-state index contributed by atoms with van der Waals surface area (Å²) in [4.78, 5) is 29.8. The van der Waals surface area contributed by atoms with E-state index in [2.05, 4.69) is 45.3 Å². The van der Waals surface area contributed by atoms with Gasteiger partial charge in [0.25, 0.3) is 11.6 Å². The molecule has 1 aliphatic heterocycles. The summed E-state index contributed by atoms with van der Waals surface area (Å²) in [5.41, 5.74) is 0.945. The number of carbonyl (C=O) groups excluding carboxylic acids is 2. The van der Waals surface area contributed by atoms with Gasteiger partial charge < -0.3 is 20.6 Å². The summed E-state index contributed by atoms with van der Waals surface area (Å²) in [7, 11) is 0. The lowest BCUT2D eigenvalue weighted by atomic mass is 9.94. The van der Waals surface area contributed by atoms with Gasteiger partial charge in [-0.2, -0.15) is 0 Å². The Labute approximate surface area is 191 Å². The number of hydrogen-bond acceptors (Lipinski definition) is 4. The van der Waals surface area contributed by atoms with Crippen molar-refractivity contribution in [1.29, 1.82) is 0 Å². The van der Waals surface area contributed by atoms with Crippen molar-refractivity contribution in [3.05, 3.63) is 57.6 Å². The molecule has 31 heavy (non-hydrogen) atoms. The van der Waals surface area contributed by atoms with Crippen LogP contribution in [0.2, 0.25) is 0 Å². The van der Waals surface area contributed by atoms with E-state index in [0.717, 1.165) is 29.1 Å². The zero-order valence-electron chi connectivity index (χ0n) is 18.3. The maximum absolute atomic E-state index is 13.4. The van der Waals surface area contributed by atoms with E-state index < -0.39 is 17.7 Å². The first-order valence-electron chi connectivity index (χ1n) is 10.4. The lowest BCUT2D eigenvalue weighted by Gasteiger charge is -2.43. The van der Waals surface area contributed by atoms with Crippen LogP contribution in [0.5, 0.6) is 0 Å². The average molecular weight is 489 g/mol. The number of benzene rings is 2. The molecule has 8 heteroatoms. The first-order chi connectivity index (χ1) is 14.7. The number of anilines is 2. The van der Waals surface area contributed by atoms with Crippen LogP contribution in [0.1, 0.15) is 30.5 Å². The third kappa shape index (κ3) is 4.46. The second-order valence-corrected chi connectivity index (χ2v) is 8.59. The van der Waals surface area contributed by atoms with E-state index in [4.69, 9.17) is 0 Å². The lowest BCUT2D eigenvalue weighted by molar-refractivity contribution is -0.140. The van der Waals surface area contributed by atoms with Crippen molar-refractivity contribution in [3.63, 3.8) is 0 Å². The minimum Gasteiger partial charge on any atom is -0.359 e. The minimum absolute atomic E-state index is 0.306. The number of amides is 3. The summed E-state index contributed by atoms with van der Waals surface area (Å²) in [5.74, 6) is -0.646. The Kier molecular flexibility index (Phi) is 7.03. The van der Waals surface area contributed by atoms with Gasteiger partial charge in [-0.05, 0) is 68.4 Å². The van der Waals surface area contributed by atoms with Crippen LogP contribution in [0.25, 0.3) is 0 Å². The van der Waals surface area contributed by atoms with Crippen molar-refractivity contribution in [1.82, 2.24) is 10.2 Å². The van der Waals surface area contributed by atoms with Gasteiger partial charge in [0, 0.05) is 28.8 Å². The van der Waals surface area contributed by atoms with Gasteiger partial charge in [0.05, 0.1) is 5.69 Å². The summed E-state index contributed by atoms with van der Waals surface area (Å²) in [6.07, 6.45) is 0. The highest BCUT2D eigenvalue weighted by atomic mass is 79.9. The number of urea groups is 1. The second kappa shape index (κ2) is 9.38. The standard InChI is InChI=1S/C23H29BrN4O3/c1-5-27(6-2)12-11-25-21(29)23(31)19-14-17(24)8-10-20(19)26-22(30)28(23)18-9-7-15(3)16(4)13-18/h7-10,13-14,31H,5-6,11-12H2,1-4H3,(H,25,29)(H,26,30)/t23-/m1/s1. The van der Waals surface area contributed by atoms with Crippen LogP contribution >= 0.6 is 15.9 Å². The molecular weight excluding hydrogens is 460 g/mol. The number of likely N-dealkylation sites (N-methyl/N-ethyl adjacent to an activating group) is 1. The van der Waals surface area contributed by atoms with E-state index >= 15 is 0 Å². The summed E-state index contributed by atoms with van der Waals surface area (Å²) >= 11 is 3.41. The molecule has 1 atom stereocenters. The van der Waals surface area contributed by atoms with Crippen LogP contribution in [-0.4, -0.2) is 48.1 Å². The second-order valence-electron chi connectivity index (χ2n) is 7.68. The molecule has 1 heterocycles. The Bertz CT molecular complexity index is 993. The fourth-order valence-electron chi connectivity index (χ4n) is 3.74. The van der Waals surface area contributed by atoms with Gasteiger partial charge in [0.15, 0.2) is 0 Å². The summed E-state index contributed by atoms with van der Waals surface area (Å²) in [6.45, 7) is 10.7. The Morgan fingerprint density at radius 2 is 1.87 bits per heavy atom. The Balaban J connectivity index is 2.05. The lowest BCUT2D eigenvalue weighted by Crippen LogP contribution is -2.63. The molecule has 0 radical (unpaired) electrons. The summed E-state index contributed by atoms with van der Waals surface area (Å²) in [6, 6.07) is 9.91. The molecule has 2 aromatic rings. The zero-order valence-corrected chi connectivity index (χ0v) is 19.9. The number of hydrogen-bond donors (Lipinski definition) is 3. The van der Waals surface area contributed by atoms with Gasteiger partial charge in [-0.15, -0.1) is 0 Å². The van der Waals surface area contributed by atoms with Gasteiger partial charge in [-0.25, -0.2) is 4.79 Å². The van der Waals surface area contributed by atoms with Crippen LogP contribution in [0, 0.1) is 13.8 Å². The molecule has 3 rings (SSSR count). The Morgan fingerprint density at radius 1 is 1.16 bits per heavy atom. The third-order valence-electron chi connectivity index (χ3n) is 5.80. The van der Waals surface area contributed by atoms with Gasteiger partial charge in [0.2, 0.25) is 0 Å². The number of rotatable bonds is 7. The van der Waals surface area contributed by atoms with Gasteiger partial charge >= 0.3 is 6.03 Å². The van der Waals surface area contributed by atoms with Crippen LogP contribution in [0.3, 0.4) is 0 Å². The molecule has 3 N–H and O–H groups in total. The molecule has 1 aliphatic rings. The number of halogens is 1. The number of aryl methyl sites for hydroxylation is 2. The molecule has 0 aliphatic carbocycles. The monoisotopic (exact) mass is 488 g/mol. The maximum Gasteiger partial charge on any atom is 0.329 e. The van der Waals surface area contributed by atoms with Crippen LogP contribution in [-0.2, 0) is 10.5 Å². The number of aliphatic hydroxyl groups is 1. The van der Waals surface area contributed by atoms with Crippen molar-refractivity contribution < 1.29 is 14.7 Å². The molecule has 0 saturated heterocycles. The van der Waals surface area contributed by atoms with E-state index in [1.54, 1.807) is 30.3 Å². The van der Waals surface area contributed by atoms with Crippen LogP contribution < -0.4 is 15.5 Å². The molecule has 0 aromatic heterocycles. The predicted molar refractivity (Wildman–Crippen MR) is 126 cm³/mol. The van der Waals surface area contributed by atoms with Gasteiger partial charge in [0.1, 0.15) is 0 Å².